The van der Waals surface area contributed by atoms with E-state index in [1.807, 2.05) is 20.8 Å². The van der Waals surface area contributed by atoms with Crippen molar-refractivity contribution in [3.63, 3.8) is 0 Å². The molecule has 0 saturated carbocycles. The van der Waals surface area contributed by atoms with Gasteiger partial charge in [0.1, 0.15) is 0 Å². The zero-order chi connectivity index (χ0) is 12.4. The van der Waals surface area contributed by atoms with E-state index in [0.717, 1.165) is 6.42 Å². The van der Waals surface area contributed by atoms with Crippen LogP contribution in [0.3, 0.4) is 0 Å². The van der Waals surface area contributed by atoms with Crippen LogP contribution in [-0.4, -0.2) is 37.5 Å². The summed E-state index contributed by atoms with van der Waals surface area (Å²) < 4.78 is 0. The standard InChI is InChI=1S/C11H23N3O2/c1-4-6-12-10(15)5-7-13-11(16)8-14-9(2)3/h9,14H,4-8H2,1-3H3,(H,12,15)(H,13,16). The van der Waals surface area contributed by atoms with Crippen LogP contribution in [0.2, 0.25) is 0 Å². The highest BCUT2D eigenvalue weighted by atomic mass is 16.2. The second kappa shape index (κ2) is 9.15. The molecule has 0 aromatic carbocycles. The van der Waals surface area contributed by atoms with Crippen molar-refractivity contribution in [3.05, 3.63) is 0 Å². The molecule has 0 aromatic heterocycles. The molecule has 0 aliphatic rings. The quantitative estimate of drug-likeness (QED) is 0.549. The zero-order valence-corrected chi connectivity index (χ0v) is 10.4. The molecule has 0 atom stereocenters. The predicted octanol–water partition coefficient (Wildman–Crippen LogP) is 0.0169. The number of amides is 2. The molecule has 0 aromatic rings. The van der Waals surface area contributed by atoms with Crippen molar-refractivity contribution < 1.29 is 9.59 Å². The number of carbonyl (C=O) groups excluding carboxylic acids is 2. The fourth-order valence-corrected chi connectivity index (χ4v) is 1.03. The van der Waals surface area contributed by atoms with Gasteiger partial charge in [0.15, 0.2) is 0 Å². The fraction of sp³-hybridized carbons (Fsp3) is 0.818. The third kappa shape index (κ3) is 9.45. The Bertz CT molecular complexity index is 217. The third-order valence-corrected chi connectivity index (χ3v) is 1.92. The van der Waals surface area contributed by atoms with Gasteiger partial charge in [0, 0.05) is 25.6 Å². The van der Waals surface area contributed by atoms with E-state index >= 15 is 0 Å². The van der Waals surface area contributed by atoms with Crippen molar-refractivity contribution in [2.24, 2.45) is 0 Å². The normalized spacial score (nSPS) is 10.2. The lowest BCUT2D eigenvalue weighted by Gasteiger charge is -2.08. The molecule has 0 aliphatic carbocycles. The van der Waals surface area contributed by atoms with Crippen LogP contribution in [0.1, 0.15) is 33.6 Å². The monoisotopic (exact) mass is 229 g/mol. The Kier molecular flexibility index (Phi) is 8.52. The van der Waals surface area contributed by atoms with Crippen LogP contribution < -0.4 is 16.0 Å². The van der Waals surface area contributed by atoms with E-state index in [0.29, 0.717) is 32.1 Å². The van der Waals surface area contributed by atoms with Crippen LogP contribution in [0.25, 0.3) is 0 Å². The summed E-state index contributed by atoms with van der Waals surface area (Å²) in [7, 11) is 0. The Morgan fingerprint density at radius 3 is 2.25 bits per heavy atom. The second-order valence-corrected chi connectivity index (χ2v) is 3.99. The van der Waals surface area contributed by atoms with Gasteiger partial charge in [-0.25, -0.2) is 0 Å². The largest absolute Gasteiger partial charge is 0.356 e. The van der Waals surface area contributed by atoms with Gasteiger partial charge in [0.2, 0.25) is 11.8 Å². The van der Waals surface area contributed by atoms with Gasteiger partial charge in [-0.2, -0.15) is 0 Å². The minimum absolute atomic E-state index is 0.0148. The lowest BCUT2D eigenvalue weighted by atomic mass is 10.3. The van der Waals surface area contributed by atoms with Crippen LogP contribution >= 0.6 is 0 Å². The lowest BCUT2D eigenvalue weighted by Crippen LogP contribution is -2.38. The first kappa shape index (κ1) is 14.9. The van der Waals surface area contributed by atoms with Gasteiger partial charge < -0.3 is 16.0 Å². The number of hydrogen-bond acceptors (Lipinski definition) is 3. The molecule has 0 fully saturated rings. The summed E-state index contributed by atoms with van der Waals surface area (Å²) >= 11 is 0. The van der Waals surface area contributed by atoms with Crippen molar-refractivity contribution in [2.45, 2.75) is 39.7 Å². The van der Waals surface area contributed by atoms with Crippen molar-refractivity contribution >= 4 is 11.8 Å². The Hall–Kier alpha value is -1.10. The smallest absolute Gasteiger partial charge is 0.233 e. The van der Waals surface area contributed by atoms with E-state index < -0.39 is 0 Å². The minimum Gasteiger partial charge on any atom is -0.356 e. The van der Waals surface area contributed by atoms with Gasteiger partial charge in [-0.1, -0.05) is 20.8 Å². The van der Waals surface area contributed by atoms with Gasteiger partial charge in [-0.3, -0.25) is 9.59 Å². The summed E-state index contributed by atoms with van der Waals surface area (Å²) in [5.41, 5.74) is 0. The van der Waals surface area contributed by atoms with Crippen LogP contribution in [-0.2, 0) is 9.59 Å². The molecule has 3 N–H and O–H groups in total. The van der Waals surface area contributed by atoms with Crippen molar-refractivity contribution in [1.29, 1.82) is 0 Å². The maximum absolute atomic E-state index is 11.2. The minimum atomic E-state index is -0.0722. The van der Waals surface area contributed by atoms with E-state index in [1.54, 1.807) is 0 Å². The number of hydrogen-bond donors (Lipinski definition) is 3. The summed E-state index contributed by atoms with van der Waals surface area (Å²) in [4.78, 5) is 22.4. The molecule has 0 bridgehead atoms. The average Bonchev–Trinajstić information content (AvgIpc) is 2.23. The molecule has 0 aliphatic heterocycles. The van der Waals surface area contributed by atoms with E-state index in [9.17, 15) is 9.59 Å². The molecule has 2 amide bonds. The van der Waals surface area contributed by atoms with Gasteiger partial charge in [0.05, 0.1) is 6.54 Å². The van der Waals surface area contributed by atoms with Crippen molar-refractivity contribution in [2.75, 3.05) is 19.6 Å². The summed E-state index contributed by atoms with van der Waals surface area (Å²) in [5, 5.41) is 8.44. The molecule has 0 spiro atoms. The third-order valence-electron chi connectivity index (χ3n) is 1.92. The fourth-order valence-electron chi connectivity index (χ4n) is 1.03. The summed E-state index contributed by atoms with van der Waals surface area (Å²) in [5.74, 6) is -0.0871. The van der Waals surface area contributed by atoms with Crippen LogP contribution in [0.5, 0.6) is 0 Å². The van der Waals surface area contributed by atoms with Gasteiger partial charge in [0.25, 0.3) is 0 Å². The summed E-state index contributed by atoms with van der Waals surface area (Å²) in [6, 6.07) is 0.290. The molecular weight excluding hydrogens is 206 g/mol. The number of rotatable bonds is 8. The number of nitrogens with one attached hydrogen (secondary N) is 3. The number of carbonyl (C=O) groups is 2. The summed E-state index contributed by atoms with van der Waals surface area (Å²) in [6.45, 7) is 7.35. The zero-order valence-electron chi connectivity index (χ0n) is 10.4. The van der Waals surface area contributed by atoms with Crippen LogP contribution in [0, 0.1) is 0 Å². The van der Waals surface area contributed by atoms with E-state index in [2.05, 4.69) is 16.0 Å². The molecule has 0 radical (unpaired) electrons. The van der Waals surface area contributed by atoms with Gasteiger partial charge >= 0.3 is 0 Å². The second-order valence-electron chi connectivity index (χ2n) is 3.99. The molecule has 0 heterocycles. The first-order chi connectivity index (χ1) is 7.56. The van der Waals surface area contributed by atoms with Crippen molar-refractivity contribution in [3.8, 4) is 0 Å². The average molecular weight is 229 g/mol. The van der Waals surface area contributed by atoms with Gasteiger partial charge in [-0.15, -0.1) is 0 Å². The van der Waals surface area contributed by atoms with E-state index in [-0.39, 0.29) is 11.8 Å². The maximum Gasteiger partial charge on any atom is 0.233 e. The van der Waals surface area contributed by atoms with Crippen LogP contribution in [0.4, 0.5) is 0 Å². The Labute approximate surface area is 97.4 Å². The van der Waals surface area contributed by atoms with E-state index in [4.69, 9.17) is 0 Å². The lowest BCUT2D eigenvalue weighted by molar-refractivity contribution is -0.122. The SMILES string of the molecule is CCCNC(=O)CCNC(=O)CNC(C)C. The highest BCUT2D eigenvalue weighted by Gasteiger charge is 2.03. The highest BCUT2D eigenvalue weighted by Crippen LogP contribution is 1.80. The topological polar surface area (TPSA) is 70.2 Å². The Morgan fingerprint density at radius 2 is 1.69 bits per heavy atom. The molecule has 5 nitrogen and oxygen atoms in total. The maximum atomic E-state index is 11.2. The first-order valence-electron chi connectivity index (χ1n) is 5.83. The summed E-state index contributed by atoms with van der Waals surface area (Å²) in [6.07, 6.45) is 1.27. The van der Waals surface area contributed by atoms with Gasteiger partial charge in [-0.05, 0) is 6.42 Å². The molecule has 0 saturated heterocycles. The molecule has 0 unspecified atom stereocenters. The molecule has 5 heteroatoms. The predicted molar refractivity (Wildman–Crippen MR) is 64.1 cm³/mol. The van der Waals surface area contributed by atoms with Crippen LogP contribution in [0.15, 0.2) is 0 Å². The van der Waals surface area contributed by atoms with Crippen molar-refractivity contribution in [1.82, 2.24) is 16.0 Å². The highest BCUT2D eigenvalue weighted by molar-refractivity contribution is 5.80. The van der Waals surface area contributed by atoms with E-state index in [1.165, 1.54) is 0 Å². The first-order valence-corrected chi connectivity index (χ1v) is 5.83. The molecule has 0 rings (SSSR count). The molecule has 94 valence electrons. The Balaban J connectivity index is 3.43. The molecule has 16 heavy (non-hydrogen) atoms. The Morgan fingerprint density at radius 1 is 1.06 bits per heavy atom. The molecular formula is C11H23N3O2.